The first-order valence-corrected chi connectivity index (χ1v) is 8.27. The van der Waals surface area contributed by atoms with Crippen molar-refractivity contribution in [3.05, 3.63) is 35.4 Å². The number of halogens is 3. The molecule has 134 valence electrons. The third kappa shape index (κ3) is 5.82. The number of hydrogen-bond donors (Lipinski definition) is 0. The summed E-state index contributed by atoms with van der Waals surface area (Å²) in [6.45, 7) is 3.11. The van der Waals surface area contributed by atoms with Crippen LogP contribution in [0.3, 0.4) is 0 Å². The van der Waals surface area contributed by atoms with Crippen molar-refractivity contribution in [3.63, 3.8) is 0 Å². The minimum atomic E-state index is -4.39. The zero-order valence-electron chi connectivity index (χ0n) is 14.1. The van der Waals surface area contributed by atoms with Crippen molar-refractivity contribution in [2.24, 2.45) is 5.92 Å². The fourth-order valence-corrected chi connectivity index (χ4v) is 2.98. The number of benzene rings is 1. The van der Waals surface area contributed by atoms with Crippen molar-refractivity contribution in [2.75, 3.05) is 19.7 Å². The van der Waals surface area contributed by atoms with Gasteiger partial charge in [-0.2, -0.15) is 13.2 Å². The van der Waals surface area contributed by atoms with Gasteiger partial charge < -0.3 is 9.64 Å². The molecule has 24 heavy (non-hydrogen) atoms. The van der Waals surface area contributed by atoms with Crippen LogP contribution in [-0.4, -0.2) is 42.8 Å². The smallest absolute Gasteiger partial charge is 0.378 e. The molecule has 2 atom stereocenters. The summed E-state index contributed by atoms with van der Waals surface area (Å²) in [6, 6.07) is 7.63. The van der Waals surface area contributed by atoms with Crippen LogP contribution in [0.5, 0.6) is 0 Å². The first kappa shape index (κ1) is 18.8. The Morgan fingerprint density at radius 1 is 1.29 bits per heavy atom. The summed E-state index contributed by atoms with van der Waals surface area (Å²) < 4.78 is 44.0. The van der Waals surface area contributed by atoms with E-state index in [1.807, 2.05) is 38.1 Å². The second-order valence-corrected chi connectivity index (χ2v) is 6.51. The number of alkyl halides is 3. The van der Waals surface area contributed by atoms with Crippen LogP contribution in [0, 0.1) is 12.8 Å². The van der Waals surface area contributed by atoms with Gasteiger partial charge in [-0.1, -0.05) is 29.8 Å². The van der Waals surface area contributed by atoms with Crippen LogP contribution in [-0.2, 0) is 16.0 Å². The second-order valence-electron chi connectivity index (χ2n) is 6.51. The van der Waals surface area contributed by atoms with Crippen LogP contribution in [0.2, 0.25) is 0 Å². The molecular weight excluding hydrogens is 319 g/mol. The molecule has 0 radical (unpaired) electrons. The topological polar surface area (TPSA) is 29.5 Å². The maximum absolute atomic E-state index is 12.9. The minimum absolute atomic E-state index is 0.0765. The van der Waals surface area contributed by atoms with Crippen molar-refractivity contribution < 1.29 is 22.7 Å². The largest absolute Gasteiger partial charge is 0.406 e. The summed E-state index contributed by atoms with van der Waals surface area (Å²) in [5.74, 6) is -0.788. The summed E-state index contributed by atoms with van der Waals surface area (Å²) in [5, 5.41) is 0. The lowest BCUT2D eigenvalue weighted by atomic mass is 9.94. The lowest BCUT2D eigenvalue weighted by molar-refractivity contribution is -0.166. The highest BCUT2D eigenvalue weighted by atomic mass is 19.4. The highest BCUT2D eigenvalue weighted by Crippen LogP contribution is 2.25. The van der Waals surface area contributed by atoms with Crippen molar-refractivity contribution in [1.29, 1.82) is 0 Å². The molecule has 1 heterocycles. The maximum atomic E-state index is 12.9. The first-order valence-electron chi connectivity index (χ1n) is 8.27. The Morgan fingerprint density at radius 2 is 1.96 bits per heavy atom. The lowest BCUT2D eigenvalue weighted by Gasteiger charge is -2.32. The van der Waals surface area contributed by atoms with Gasteiger partial charge in [0.2, 0.25) is 5.91 Å². The van der Waals surface area contributed by atoms with Gasteiger partial charge in [0.15, 0.2) is 0 Å². The van der Waals surface area contributed by atoms with Gasteiger partial charge in [0, 0.05) is 19.1 Å². The molecule has 0 spiro atoms. The van der Waals surface area contributed by atoms with E-state index in [9.17, 15) is 18.0 Å². The van der Waals surface area contributed by atoms with Crippen molar-refractivity contribution in [3.8, 4) is 0 Å². The molecule has 1 amide bonds. The number of nitrogens with zero attached hydrogens (tertiary/aromatic N) is 1. The molecule has 0 bridgehead atoms. The number of carbonyl (C=O) groups is 1. The van der Waals surface area contributed by atoms with E-state index in [4.69, 9.17) is 4.74 Å². The Balaban J connectivity index is 2.03. The molecule has 1 aromatic rings. The average molecular weight is 343 g/mol. The van der Waals surface area contributed by atoms with Crippen LogP contribution in [0.25, 0.3) is 0 Å². The SMILES string of the molecule is Cc1ccc(CCN(CC(F)(F)F)C(=O)[C@H]2CCO[C@@H](C)C2)cc1. The van der Waals surface area contributed by atoms with Crippen LogP contribution in [0.1, 0.15) is 30.9 Å². The van der Waals surface area contributed by atoms with Gasteiger partial charge in [-0.05, 0) is 38.7 Å². The number of hydrogen-bond acceptors (Lipinski definition) is 2. The van der Waals surface area contributed by atoms with Gasteiger partial charge in [0.25, 0.3) is 0 Å². The normalized spacial score (nSPS) is 21.5. The van der Waals surface area contributed by atoms with Gasteiger partial charge in [0.1, 0.15) is 6.54 Å². The van der Waals surface area contributed by atoms with E-state index < -0.39 is 18.6 Å². The lowest BCUT2D eigenvalue weighted by Crippen LogP contribution is -2.45. The number of aryl methyl sites for hydroxylation is 1. The second kappa shape index (κ2) is 8.01. The van der Waals surface area contributed by atoms with Crippen LogP contribution >= 0.6 is 0 Å². The van der Waals surface area contributed by atoms with E-state index in [2.05, 4.69) is 0 Å². The fraction of sp³-hybridized carbons (Fsp3) is 0.611. The predicted octanol–water partition coefficient (Wildman–Crippen LogP) is 3.74. The number of carbonyl (C=O) groups excluding carboxylic acids is 1. The average Bonchev–Trinajstić information content (AvgIpc) is 2.51. The summed E-state index contributed by atoms with van der Waals surface area (Å²) >= 11 is 0. The molecule has 6 heteroatoms. The van der Waals surface area contributed by atoms with E-state index >= 15 is 0 Å². The molecule has 1 fully saturated rings. The summed E-state index contributed by atoms with van der Waals surface area (Å²) in [7, 11) is 0. The van der Waals surface area contributed by atoms with E-state index in [1.165, 1.54) is 0 Å². The first-order chi connectivity index (χ1) is 11.2. The third-order valence-corrected chi connectivity index (χ3v) is 4.31. The Morgan fingerprint density at radius 3 is 2.54 bits per heavy atom. The van der Waals surface area contributed by atoms with Crippen molar-refractivity contribution in [2.45, 2.75) is 45.4 Å². The summed E-state index contributed by atoms with van der Waals surface area (Å²) in [5.41, 5.74) is 2.03. The van der Waals surface area contributed by atoms with E-state index in [0.717, 1.165) is 16.0 Å². The van der Waals surface area contributed by atoms with Crippen molar-refractivity contribution in [1.82, 2.24) is 4.90 Å². The maximum Gasteiger partial charge on any atom is 0.406 e. The Hall–Kier alpha value is -1.56. The van der Waals surface area contributed by atoms with Crippen LogP contribution in [0.4, 0.5) is 13.2 Å². The molecule has 0 aliphatic carbocycles. The third-order valence-electron chi connectivity index (χ3n) is 4.31. The molecule has 0 N–H and O–H groups in total. The van der Waals surface area contributed by atoms with E-state index in [0.29, 0.717) is 25.9 Å². The van der Waals surface area contributed by atoms with Crippen molar-refractivity contribution >= 4 is 5.91 Å². The van der Waals surface area contributed by atoms with Crippen LogP contribution < -0.4 is 0 Å². The van der Waals surface area contributed by atoms with Gasteiger partial charge >= 0.3 is 6.18 Å². The fourth-order valence-electron chi connectivity index (χ4n) is 2.98. The molecule has 1 aliphatic heterocycles. The highest BCUT2D eigenvalue weighted by molar-refractivity contribution is 5.79. The number of amides is 1. The van der Waals surface area contributed by atoms with Gasteiger partial charge in [-0.15, -0.1) is 0 Å². The molecule has 0 saturated carbocycles. The minimum Gasteiger partial charge on any atom is -0.378 e. The zero-order valence-corrected chi connectivity index (χ0v) is 14.1. The number of ether oxygens (including phenoxy) is 1. The molecule has 0 aromatic heterocycles. The summed E-state index contributed by atoms with van der Waals surface area (Å²) in [6.07, 6.45) is -3.09. The molecule has 2 rings (SSSR count). The summed E-state index contributed by atoms with van der Waals surface area (Å²) in [4.78, 5) is 13.5. The Bertz CT molecular complexity index is 542. The standard InChI is InChI=1S/C18H24F3NO2/c1-13-3-5-15(6-4-13)7-9-22(12-18(19,20)21)17(23)16-8-10-24-14(2)11-16/h3-6,14,16H,7-12H2,1-2H3/t14-,16-/m0/s1. The Labute approximate surface area is 140 Å². The Kier molecular flexibility index (Phi) is 6.27. The quantitative estimate of drug-likeness (QED) is 0.815. The molecule has 1 aromatic carbocycles. The zero-order chi connectivity index (χ0) is 17.7. The molecule has 3 nitrogen and oxygen atoms in total. The van der Waals surface area contributed by atoms with E-state index in [-0.39, 0.29) is 18.6 Å². The number of rotatable bonds is 5. The van der Waals surface area contributed by atoms with Gasteiger partial charge in [0.05, 0.1) is 6.10 Å². The monoisotopic (exact) mass is 343 g/mol. The van der Waals surface area contributed by atoms with Gasteiger partial charge in [-0.25, -0.2) is 0 Å². The molecular formula is C18H24F3NO2. The molecule has 1 aliphatic rings. The molecule has 1 saturated heterocycles. The highest BCUT2D eigenvalue weighted by Gasteiger charge is 2.36. The predicted molar refractivity (Wildman–Crippen MR) is 85.7 cm³/mol. The van der Waals surface area contributed by atoms with E-state index in [1.54, 1.807) is 0 Å². The van der Waals surface area contributed by atoms with Gasteiger partial charge in [-0.3, -0.25) is 4.79 Å². The van der Waals surface area contributed by atoms with Crippen LogP contribution in [0.15, 0.2) is 24.3 Å². The molecule has 0 unspecified atom stereocenters.